The summed E-state index contributed by atoms with van der Waals surface area (Å²) in [6.07, 6.45) is 2.09. The largest absolute Gasteiger partial charge is 0.481 e. The van der Waals surface area contributed by atoms with Crippen LogP contribution in [-0.2, 0) is 18.4 Å². The molecule has 0 unspecified atom stereocenters. The molecule has 31 heavy (non-hydrogen) atoms. The number of rotatable bonds is 6. The minimum atomic E-state index is -1.04. The van der Waals surface area contributed by atoms with E-state index < -0.39 is 23.3 Å². The molecule has 0 bridgehead atoms. The third kappa shape index (κ3) is 3.46. The Morgan fingerprint density at radius 3 is 2.48 bits per heavy atom. The SMILES string of the molecule is CC[C@H](CC(=O)O)n1c(=O)c2ccccc2n(Cc2cn(C)c3cccc(C)c23)c1=O. The average molecular weight is 419 g/mol. The monoisotopic (exact) mass is 419 g/mol. The molecule has 0 saturated heterocycles. The Kier molecular flexibility index (Phi) is 5.27. The molecule has 4 aromatic rings. The molecule has 0 radical (unpaired) electrons. The van der Waals surface area contributed by atoms with Crippen molar-refractivity contribution in [1.82, 2.24) is 13.7 Å². The third-order valence-corrected chi connectivity index (χ3v) is 5.96. The van der Waals surface area contributed by atoms with Gasteiger partial charge in [-0.25, -0.2) is 4.79 Å². The number of hydrogen-bond donors (Lipinski definition) is 1. The summed E-state index contributed by atoms with van der Waals surface area (Å²) in [5.74, 6) is -1.04. The third-order valence-electron chi connectivity index (χ3n) is 5.96. The number of nitrogens with zero attached hydrogens (tertiary/aromatic N) is 3. The van der Waals surface area contributed by atoms with Crippen LogP contribution in [0.15, 0.2) is 58.3 Å². The van der Waals surface area contributed by atoms with Crippen molar-refractivity contribution in [3.63, 3.8) is 0 Å². The van der Waals surface area contributed by atoms with E-state index in [0.717, 1.165) is 26.6 Å². The molecule has 160 valence electrons. The maximum absolute atomic E-state index is 13.5. The zero-order valence-corrected chi connectivity index (χ0v) is 17.8. The highest BCUT2D eigenvalue weighted by Crippen LogP contribution is 2.25. The van der Waals surface area contributed by atoms with Crippen LogP contribution in [0.4, 0.5) is 0 Å². The van der Waals surface area contributed by atoms with Crippen molar-refractivity contribution in [1.29, 1.82) is 0 Å². The molecule has 0 amide bonds. The van der Waals surface area contributed by atoms with Crippen LogP contribution in [0.5, 0.6) is 0 Å². The summed E-state index contributed by atoms with van der Waals surface area (Å²) in [6.45, 7) is 4.10. The summed E-state index contributed by atoms with van der Waals surface area (Å²) in [4.78, 5) is 38.1. The molecule has 2 aromatic heterocycles. The number of aliphatic carboxylic acids is 1. The predicted molar refractivity (Wildman–Crippen MR) is 121 cm³/mol. The van der Waals surface area contributed by atoms with Crippen LogP contribution in [0.2, 0.25) is 0 Å². The second kappa shape index (κ2) is 7.91. The lowest BCUT2D eigenvalue weighted by molar-refractivity contribution is -0.138. The molecular weight excluding hydrogens is 394 g/mol. The predicted octanol–water partition coefficient (Wildman–Crippen LogP) is 3.44. The molecule has 2 heterocycles. The molecule has 2 aromatic carbocycles. The van der Waals surface area contributed by atoms with Gasteiger partial charge in [0.25, 0.3) is 5.56 Å². The van der Waals surface area contributed by atoms with Crippen molar-refractivity contribution in [2.45, 2.75) is 39.3 Å². The number of carbonyl (C=O) groups is 1. The summed E-state index contributed by atoms with van der Waals surface area (Å²) in [7, 11) is 1.97. The van der Waals surface area contributed by atoms with Gasteiger partial charge in [-0.1, -0.05) is 31.2 Å². The smallest absolute Gasteiger partial charge is 0.332 e. The molecule has 0 spiro atoms. The molecule has 1 atom stereocenters. The van der Waals surface area contributed by atoms with Gasteiger partial charge in [0.05, 0.1) is 29.9 Å². The minimum absolute atomic E-state index is 0.280. The highest BCUT2D eigenvalue weighted by Gasteiger charge is 2.22. The summed E-state index contributed by atoms with van der Waals surface area (Å²) < 4.78 is 4.73. The highest BCUT2D eigenvalue weighted by atomic mass is 16.4. The van der Waals surface area contributed by atoms with Crippen molar-refractivity contribution in [3.05, 3.63) is 80.6 Å². The van der Waals surface area contributed by atoms with Gasteiger partial charge in [-0.2, -0.15) is 0 Å². The molecule has 0 saturated carbocycles. The summed E-state index contributed by atoms with van der Waals surface area (Å²) in [6, 6.07) is 12.4. The summed E-state index contributed by atoms with van der Waals surface area (Å²) in [5, 5.41) is 10.8. The number of para-hydroxylation sites is 1. The fraction of sp³-hybridized carbons (Fsp3) is 0.292. The van der Waals surface area contributed by atoms with Gasteiger partial charge < -0.3 is 9.67 Å². The van der Waals surface area contributed by atoms with Gasteiger partial charge in [0, 0.05) is 24.1 Å². The highest BCUT2D eigenvalue weighted by molar-refractivity contribution is 5.87. The maximum Gasteiger partial charge on any atom is 0.332 e. The number of carboxylic acid groups (broad SMARTS) is 1. The average Bonchev–Trinajstić information content (AvgIpc) is 3.06. The molecule has 0 aliphatic carbocycles. The quantitative estimate of drug-likeness (QED) is 0.519. The number of aryl methyl sites for hydroxylation is 2. The second-order valence-electron chi connectivity index (χ2n) is 7.96. The molecule has 1 N–H and O–H groups in total. The van der Waals surface area contributed by atoms with Crippen molar-refractivity contribution < 1.29 is 9.90 Å². The molecular formula is C24H25N3O4. The van der Waals surface area contributed by atoms with Crippen LogP contribution in [0.25, 0.3) is 21.8 Å². The van der Waals surface area contributed by atoms with E-state index in [0.29, 0.717) is 17.3 Å². The van der Waals surface area contributed by atoms with Gasteiger partial charge >= 0.3 is 11.7 Å². The lowest BCUT2D eigenvalue weighted by atomic mass is 10.1. The molecule has 7 heteroatoms. The lowest BCUT2D eigenvalue weighted by Crippen LogP contribution is -2.43. The van der Waals surface area contributed by atoms with E-state index in [1.165, 1.54) is 0 Å². The van der Waals surface area contributed by atoms with Crippen LogP contribution < -0.4 is 11.2 Å². The molecule has 0 aliphatic heterocycles. The van der Waals surface area contributed by atoms with Gasteiger partial charge in [-0.15, -0.1) is 0 Å². The number of aromatic nitrogens is 3. The van der Waals surface area contributed by atoms with Gasteiger partial charge in [0.15, 0.2) is 0 Å². The minimum Gasteiger partial charge on any atom is -0.481 e. The Hall–Kier alpha value is -3.61. The van der Waals surface area contributed by atoms with E-state index in [-0.39, 0.29) is 13.0 Å². The normalized spacial score (nSPS) is 12.5. The van der Waals surface area contributed by atoms with E-state index in [1.807, 2.05) is 42.9 Å². The zero-order chi connectivity index (χ0) is 22.3. The Balaban J connectivity index is 2.00. The number of carboxylic acids is 1. The first-order valence-electron chi connectivity index (χ1n) is 10.3. The fourth-order valence-corrected chi connectivity index (χ4v) is 4.46. The Labute approximate surface area is 178 Å². The van der Waals surface area contributed by atoms with Crippen LogP contribution in [-0.4, -0.2) is 24.8 Å². The molecule has 7 nitrogen and oxygen atoms in total. The van der Waals surface area contributed by atoms with Crippen LogP contribution in [0, 0.1) is 6.92 Å². The van der Waals surface area contributed by atoms with Crippen LogP contribution >= 0.6 is 0 Å². The fourth-order valence-electron chi connectivity index (χ4n) is 4.46. The van der Waals surface area contributed by atoms with E-state index in [1.54, 1.807) is 35.8 Å². The van der Waals surface area contributed by atoms with Crippen LogP contribution in [0.1, 0.15) is 36.9 Å². The topological polar surface area (TPSA) is 86.2 Å². The maximum atomic E-state index is 13.5. The van der Waals surface area contributed by atoms with E-state index in [9.17, 15) is 19.5 Å². The van der Waals surface area contributed by atoms with Gasteiger partial charge in [0.2, 0.25) is 0 Å². The standard InChI is InChI=1S/C24H25N3O4/c1-4-17(12-21(28)29)27-23(30)18-9-5-6-10-19(18)26(24(27)31)14-16-13-25(3)20-11-7-8-15(2)22(16)20/h5-11,13,17H,4,12,14H2,1-3H3,(H,28,29)/t17-/m1/s1. The molecule has 4 rings (SSSR count). The Morgan fingerprint density at radius 2 is 1.77 bits per heavy atom. The van der Waals surface area contributed by atoms with Gasteiger partial charge in [-0.05, 0) is 42.7 Å². The summed E-state index contributed by atoms with van der Waals surface area (Å²) >= 11 is 0. The second-order valence-corrected chi connectivity index (χ2v) is 7.96. The van der Waals surface area contributed by atoms with Crippen molar-refractivity contribution in [2.75, 3.05) is 0 Å². The van der Waals surface area contributed by atoms with E-state index in [2.05, 4.69) is 0 Å². The first-order valence-corrected chi connectivity index (χ1v) is 10.3. The van der Waals surface area contributed by atoms with Gasteiger partial charge in [0.1, 0.15) is 0 Å². The molecule has 0 aliphatic rings. The first-order chi connectivity index (χ1) is 14.8. The summed E-state index contributed by atoms with van der Waals surface area (Å²) in [5.41, 5.74) is 2.76. The zero-order valence-electron chi connectivity index (χ0n) is 17.8. The molecule has 0 fully saturated rings. The van der Waals surface area contributed by atoms with E-state index in [4.69, 9.17) is 0 Å². The number of fused-ring (bicyclic) bond motifs is 2. The van der Waals surface area contributed by atoms with Crippen LogP contribution in [0.3, 0.4) is 0 Å². The number of benzene rings is 2. The van der Waals surface area contributed by atoms with E-state index >= 15 is 0 Å². The Morgan fingerprint density at radius 1 is 1.06 bits per heavy atom. The first kappa shape index (κ1) is 20.7. The Bertz CT molecular complexity index is 1420. The van der Waals surface area contributed by atoms with Crippen molar-refractivity contribution >= 4 is 27.8 Å². The number of hydrogen-bond acceptors (Lipinski definition) is 3. The van der Waals surface area contributed by atoms with Gasteiger partial charge in [-0.3, -0.25) is 18.7 Å². The van der Waals surface area contributed by atoms with Crippen molar-refractivity contribution in [2.24, 2.45) is 7.05 Å². The van der Waals surface area contributed by atoms with Crippen molar-refractivity contribution in [3.8, 4) is 0 Å². The lowest BCUT2D eigenvalue weighted by Gasteiger charge is -2.19.